The van der Waals surface area contributed by atoms with E-state index in [2.05, 4.69) is 5.32 Å². The van der Waals surface area contributed by atoms with Crippen molar-refractivity contribution in [3.05, 3.63) is 53.6 Å². The highest BCUT2D eigenvalue weighted by atomic mass is 32.2. The van der Waals surface area contributed by atoms with Gasteiger partial charge in [0, 0.05) is 13.5 Å². The molecule has 28 heavy (non-hydrogen) atoms. The third-order valence-corrected chi connectivity index (χ3v) is 7.24. The molecule has 1 aliphatic rings. The Kier molecular flexibility index (Phi) is 4.94. The Hall–Kier alpha value is -2.15. The van der Waals surface area contributed by atoms with Crippen LogP contribution in [0.5, 0.6) is 0 Å². The number of primary sulfonamides is 1. The molecule has 2 aromatic rings. The lowest BCUT2D eigenvalue weighted by Crippen LogP contribution is -2.47. The van der Waals surface area contributed by atoms with Gasteiger partial charge < -0.3 is 5.32 Å². The minimum Gasteiger partial charge on any atom is -0.367 e. The molecule has 1 aliphatic heterocycles. The Bertz CT molecular complexity index is 1120. The average Bonchev–Trinajstić information content (AvgIpc) is 2.58. The van der Waals surface area contributed by atoms with Crippen LogP contribution in [-0.2, 0) is 32.6 Å². The van der Waals surface area contributed by atoms with E-state index in [1.165, 1.54) is 7.05 Å². The van der Waals surface area contributed by atoms with Crippen molar-refractivity contribution in [2.75, 3.05) is 12.4 Å². The maximum absolute atomic E-state index is 13.4. The van der Waals surface area contributed by atoms with E-state index in [0.29, 0.717) is 12.1 Å². The topological polar surface area (TPSA) is 110 Å². The van der Waals surface area contributed by atoms with Crippen LogP contribution in [0.4, 0.5) is 18.9 Å². The molecular formula is C16H16F3N3O4S2. The Morgan fingerprint density at radius 1 is 1.18 bits per heavy atom. The van der Waals surface area contributed by atoms with Gasteiger partial charge in [0.25, 0.3) is 0 Å². The van der Waals surface area contributed by atoms with Crippen LogP contribution in [0, 0.1) is 0 Å². The van der Waals surface area contributed by atoms with Crippen molar-refractivity contribution >= 4 is 25.7 Å². The molecule has 0 aromatic heterocycles. The van der Waals surface area contributed by atoms with E-state index in [1.807, 2.05) is 0 Å². The second-order valence-corrected chi connectivity index (χ2v) is 9.75. The van der Waals surface area contributed by atoms with Crippen LogP contribution in [0.15, 0.2) is 52.3 Å². The van der Waals surface area contributed by atoms with Gasteiger partial charge in [-0.05, 0) is 17.7 Å². The van der Waals surface area contributed by atoms with E-state index in [1.54, 1.807) is 30.3 Å². The first-order valence-electron chi connectivity index (χ1n) is 7.88. The quantitative estimate of drug-likeness (QED) is 0.766. The third kappa shape index (κ3) is 3.72. The molecule has 3 N–H and O–H groups in total. The minimum absolute atomic E-state index is 0.189. The van der Waals surface area contributed by atoms with Crippen molar-refractivity contribution in [3.8, 4) is 0 Å². The fraction of sp³-hybridized carbons (Fsp3) is 0.250. The maximum atomic E-state index is 13.4. The number of anilines is 1. The minimum atomic E-state index is -5.04. The van der Waals surface area contributed by atoms with Crippen molar-refractivity contribution in [2.45, 2.75) is 28.6 Å². The molecule has 152 valence electrons. The summed E-state index contributed by atoms with van der Waals surface area (Å²) in [4.78, 5) is -1.88. The second-order valence-electron chi connectivity index (χ2n) is 6.26. The first-order chi connectivity index (χ1) is 12.8. The number of hydrogen-bond donors (Lipinski definition) is 2. The molecule has 0 bridgehead atoms. The summed E-state index contributed by atoms with van der Waals surface area (Å²) in [6.07, 6.45) is -5.71. The largest absolute Gasteiger partial charge is 0.417 e. The Labute approximate surface area is 160 Å². The number of halogens is 3. The highest BCUT2D eigenvalue weighted by Crippen LogP contribution is 2.41. The van der Waals surface area contributed by atoms with Gasteiger partial charge in [-0.2, -0.15) is 17.5 Å². The van der Waals surface area contributed by atoms with Gasteiger partial charge in [0.05, 0.1) is 22.3 Å². The van der Waals surface area contributed by atoms with E-state index >= 15 is 0 Å². The summed E-state index contributed by atoms with van der Waals surface area (Å²) < 4.78 is 89.9. The molecule has 0 saturated heterocycles. The summed E-state index contributed by atoms with van der Waals surface area (Å²) in [6.45, 7) is 0. The summed E-state index contributed by atoms with van der Waals surface area (Å²) in [7, 11) is -7.81. The van der Waals surface area contributed by atoms with Crippen LogP contribution in [0.1, 0.15) is 11.1 Å². The van der Waals surface area contributed by atoms with Gasteiger partial charge in [0.1, 0.15) is 4.90 Å². The molecule has 0 radical (unpaired) electrons. The Balaban J connectivity index is 2.17. The van der Waals surface area contributed by atoms with Crippen molar-refractivity contribution in [1.82, 2.24) is 4.31 Å². The molecule has 0 spiro atoms. The zero-order valence-corrected chi connectivity index (χ0v) is 16.1. The summed E-state index contributed by atoms with van der Waals surface area (Å²) in [5.41, 5.74) is -1.10. The van der Waals surface area contributed by atoms with Gasteiger partial charge in [-0.3, -0.25) is 0 Å². The summed E-state index contributed by atoms with van der Waals surface area (Å²) in [5, 5.41) is 7.64. The third-order valence-electron chi connectivity index (χ3n) is 4.38. The molecular weight excluding hydrogens is 419 g/mol. The molecule has 7 nitrogen and oxygen atoms in total. The number of rotatable bonds is 3. The lowest BCUT2D eigenvalue weighted by Gasteiger charge is -2.35. The number of benzene rings is 2. The number of fused-ring (bicyclic) bond motifs is 1. The molecule has 0 aliphatic carbocycles. The van der Waals surface area contributed by atoms with Crippen LogP contribution in [0.25, 0.3) is 0 Å². The van der Waals surface area contributed by atoms with Gasteiger partial charge in [-0.15, -0.1) is 0 Å². The van der Waals surface area contributed by atoms with Gasteiger partial charge in [-0.25, -0.2) is 22.0 Å². The van der Waals surface area contributed by atoms with E-state index in [9.17, 15) is 30.0 Å². The van der Waals surface area contributed by atoms with Crippen molar-refractivity contribution < 1.29 is 30.0 Å². The number of nitrogens with two attached hydrogens (primary N) is 1. The van der Waals surface area contributed by atoms with Crippen LogP contribution in [0.2, 0.25) is 0 Å². The maximum Gasteiger partial charge on any atom is 0.417 e. The Morgan fingerprint density at radius 3 is 2.32 bits per heavy atom. The fourth-order valence-corrected chi connectivity index (χ4v) is 5.23. The number of likely N-dealkylation sites (N-methyl/N-ethyl adjacent to an activating group) is 1. The smallest absolute Gasteiger partial charge is 0.367 e. The van der Waals surface area contributed by atoms with Crippen molar-refractivity contribution in [1.29, 1.82) is 0 Å². The van der Waals surface area contributed by atoms with E-state index in [0.717, 1.165) is 9.87 Å². The van der Waals surface area contributed by atoms with Gasteiger partial charge in [-0.1, -0.05) is 30.3 Å². The van der Waals surface area contributed by atoms with Crippen LogP contribution < -0.4 is 10.5 Å². The van der Waals surface area contributed by atoms with Gasteiger partial charge in [0.15, 0.2) is 0 Å². The molecule has 1 unspecified atom stereocenters. The van der Waals surface area contributed by atoms with Gasteiger partial charge >= 0.3 is 6.18 Å². The molecule has 0 amide bonds. The zero-order valence-electron chi connectivity index (χ0n) is 14.4. The van der Waals surface area contributed by atoms with Crippen LogP contribution in [0.3, 0.4) is 0 Å². The SMILES string of the molecule is CN1C(Cc2ccccc2)Nc2cc(C(F)(F)F)c(S(N)(=O)=O)cc2S1(=O)=O. The molecule has 12 heteroatoms. The summed E-state index contributed by atoms with van der Waals surface area (Å²) in [5.74, 6) is 0. The first-order valence-corrected chi connectivity index (χ1v) is 10.9. The number of nitrogens with zero attached hydrogens (tertiary/aromatic N) is 1. The predicted molar refractivity (Wildman–Crippen MR) is 95.3 cm³/mol. The standard InChI is InChI=1S/C16H16F3N3O4S2/c1-22-15(7-10-5-3-2-4-6-10)21-12-8-11(16(17,18)19)13(27(20,23)24)9-14(12)28(22,25)26/h2-6,8-9,15,21H,7H2,1H3,(H2,20,23,24). The normalized spacial score (nSPS) is 19.7. The second kappa shape index (κ2) is 6.72. The Morgan fingerprint density at radius 2 is 1.79 bits per heavy atom. The fourth-order valence-electron chi connectivity index (χ4n) is 2.95. The van der Waals surface area contributed by atoms with Crippen LogP contribution in [-0.4, -0.2) is 34.4 Å². The number of nitrogens with one attached hydrogen (secondary N) is 1. The van der Waals surface area contributed by atoms with Crippen LogP contribution >= 0.6 is 0 Å². The predicted octanol–water partition coefficient (Wildman–Crippen LogP) is 1.97. The first kappa shape index (κ1) is 20.6. The molecule has 1 heterocycles. The average molecular weight is 435 g/mol. The van der Waals surface area contributed by atoms with Gasteiger partial charge in [0.2, 0.25) is 20.0 Å². The van der Waals surface area contributed by atoms with Crippen molar-refractivity contribution in [2.24, 2.45) is 5.14 Å². The molecule has 0 fully saturated rings. The number of alkyl halides is 3. The highest BCUT2D eigenvalue weighted by Gasteiger charge is 2.42. The lowest BCUT2D eigenvalue weighted by molar-refractivity contribution is -0.139. The molecule has 3 rings (SSSR count). The van der Waals surface area contributed by atoms with E-state index in [4.69, 9.17) is 5.14 Å². The van der Waals surface area contributed by atoms with E-state index in [-0.39, 0.29) is 12.1 Å². The van der Waals surface area contributed by atoms with E-state index < -0.39 is 47.7 Å². The number of hydrogen-bond acceptors (Lipinski definition) is 5. The number of sulfonamides is 2. The summed E-state index contributed by atoms with van der Waals surface area (Å²) in [6, 6.07) is 9.70. The monoisotopic (exact) mass is 435 g/mol. The highest BCUT2D eigenvalue weighted by molar-refractivity contribution is 7.90. The molecule has 1 atom stereocenters. The zero-order chi connectivity index (χ0) is 20.9. The lowest BCUT2D eigenvalue weighted by atomic mass is 10.1. The van der Waals surface area contributed by atoms with Crippen molar-refractivity contribution in [3.63, 3.8) is 0 Å². The molecule has 0 saturated carbocycles. The molecule has 2 aromatic carbocycles. The summed E-state index contributed by atoms with van der Waals surface area (Å²) >= 11 is 0.